The van der Waals surface area contributed by atoms with E-state index in [2.05, 4.69) is 12.2 Å². The molecule has 0 amide bonds. The van der Waals surface area contributed by atoms with Gasteiger partial charge in [-0.05, 0) is 13.0 Å². The fraction of sp³-hybridized carbons (Fsp3) is 0.917. The Balaban J connectivity index is -0.000000980. The zero-order chi connectivity index (χ0) is 11.4. The van der Waals surface area contributed by atoms with E-state index < -0.39 is 5.97 Å². The topological polar surface area (TPSA) is 49.3 Å². The Morgan fingerprint density at radius 2 is 1.62 bits per heavy atom. The van der Waals surface area contributed by atoms with Crippen molar-refractivity contribution in [2.45, 2.75) is 58.3 Å². The molecular formula is C12H26NNaO2. The maximum atomic E-state index is 10.2. The van der Waals surface area contributed by atoms with Gasteiger partial charge in [-0.1, -0.05) is 45.4 Å². The molecule has 0 radical (unpaired) electrons. The number of carboxylic acid groups (broad SMARTS) is 1. The number of nitrogens with one attached hydrogen (secondary N) is 1. The molecule has 0 aliphatic heterocycles. The van der Waals surface area contributed by atoms with Crippen LogP contribution >= 0.6 is 0 Å². The number of carbonyl (C=O) groups is 1. The van der Waals surface area contributed by atoms with E-state index in [0.717, 1.165) is 6.54 Å². The molecule has 0 saturated heterocycles. The van der Waals surface area contributed by atoms with Gasteiger partial charge < -0.3 is 11.8 Å². The van der Waals surface area contributed by atoms with E-state index in [-0.39, 0.29) is 37.4 Å². The van der Waals surface area contributed by atoms with Crippen molar-refractivity contribution in [1.82, 2.24) is 5.32 Å². The normalized spacial score (nSPS) is 9.81. The molecule has 0 aromatic heterocycles. The third kappa shape index (κ3) is 16.8. The second-order valence-electron chi connectivity index (χ2n) is 4.02. The van der Waals surface area contributed by atoms with Gasteiger partial charge in [-0.3, -0.25) is 4.79 Å². The van der Waals surface area contributed by atoms with Crippen LogP contribution in [0.2, 0.25) is 0 Å². The second kappa shape index (κ2) is 15.4. The Bertz CT molecular complexity index is 159. The van der Waals surface area contributed by atoms with Gasteiger partial charge in [0.15, 0.2) is 0 Å². The van der Waals surface area contributed by atoms with Crippen LogP contribution in [0.4, 0.5) is 0 Å². The third-order valence-corrected chi connectivity index (χ3v) is 2.47. The molecule has 0 aliphatic rings. The average molecular weight is 239 g/mol. The quantitative estimate of drug-likeness (QED) is 0.391. The first-order valence-corrected chi connectivity index (χ1v) is 6.20. The van der Waals surface area contributed by atoms with Crippen LogP contribution in [0.1, 0.15) is 59.7 Å². The van der Waals surface area contributed by atoms with E-state index in [1.807, 2.05) is 0 Å². The van der Waals surface area contributed by atoms with Gasteiger partial charge in [0.05, 0.1) is 6.42 Å². The number of hydrogen-bond acceptors (Lipinski definition) is 2. The summed E-state index contributed by atoms with van der Waals surface area (Å²) in [6.07, 6.45) is 9.37. The fourth-order valence-electron chi connectivity index (χ4n) is 1.53. The minimum atomic E-state index is -0.720. The van der Waals surface area contributed by atoms with E-state index in [4.69, 9.17) is 5.11 Å². The predicted octanol–water partition coefficient (Wildman–Crippen LogP) is -0.0822. The van der Waals surface area contributed by atoms with Crippen LogP contribution in [0.15, 0.2) is 0 Å². The monoisotopic (exact) mass is 239 g/mol. The Morgan fingerprint density at radius 1 is 1.06 bits per heavy atom. The minimum Gasteiger partial charge on any atom is -1.00 e. The van der Waals surface area contributed by atoms with Crippen molar-refractivity contribution in [3.05, 3.63) is 0 Å². The van der Waals surface area contributed by atoms with E-state index >= 15 is 0 Å². The molecule has 0 aromatic carbocycles. The van der Waals surface area contributed by atoms with Crippen molar-refractivity contribution in [3.8, 4) is 0 Å². The van der Waals surface area contributed by atoms with Gasteiger partial charge in [-0.25, -0.2) is 0 Å². The molecule has 4 heteroatoms. The van der Waals surface area contributed by atoms with Gasteiger partial charge in [-0.2, -0.15) is 0 Å². The number of hydrogen-bond donors (Lipinski definition) is 2. The van der Waals surface area contributed by atoms with Gasteiger partial charge in [0.1, 0.15) is 0 Å². The summed E-state index contributed by atoms with van der Waals surface area (Å²) < 4.78 is 0. The van der Waals surface area contributed by atoms with Crippen LogP contribution in [-0.4, -0.2) is 24.2 Å². The predicted molar refractivity (Wildman–Crippen MR) is 64.2 cm³/mol. The molecular weight excluding hydrogens is 213 g/mol. The van der Waals surface area contributed by atoms with Gasteiger partial charge in [0, 0.05) is 6.54 Å². The third-order valence-electron chi connectivity index (χ3n) is 2.47. The Hall–Kier alpha value is 0.430. The zero-order valence-electron chi connectivity index (χ0n) is 11.9. The van der Waals surface area contributed by atoms with E-state index in [9.17, 15) is 4.79 Å². The molecule has 0 spiro atoms. The summed E-state index contributed by atoms with van der Waals surface area (Å²) in [4.78, 5) is 10.2. The molecule has 2 N–H and O–H groups in total. The molecule has 16 heavy (non-hydrogen) atoms. The van der Waals surface area contributed by atoms with Crippen LogP contribution in [0.3, 0.4) is 0 Å². The summed E-state index contributed by atoms with van der Waals surface area (Å²) in [5, 5.41) is 11.5. The maximum absolute atomic E-state index is 10.2. The molecule has 0 aromatic rings. The van der Waals surface area contributed by atoms with Gasteiger partial charge in [-0.15, -0.1) is 0 Å². The van der Waals surface area contributed by atoms with Crippen molar-refractivity contribution < 1.29 is 40.9 Å². The van der Waals surface area contributed by atoms with E-state index in [0.29, 0.717) is 6.54 Å². The summed E-state index contributed by atoms with van der Waals surface area (Å²) in [6, 6.07) is 0. The zero-order valence-corrected chi connectivity index (χ0v) is 12.9. The smallest absolute Gasteiger partial charge is 1.00 e. The molecule has 0 unspecified atom stereocenters. The van der Waals surface area contributed by atoms with Crippen molar-refractivity contribution >= 4 is 5.97 Å². The van der Waals surface area contributed by atoms with Crippen LogP contribution in [-0.2, 0) is 4.79 Å². The molecule has 0 atom stereocenters. The summed E-state index contributed by atoms with van der Waals surface area (Å²) in [5.41, 5.74) is 0. The number of aliphatic carboxylic acids is 1. The van der Waals surface area contributed by atoms with Gasteiger partial charge in [0.2, 0.25) is 0 Å². The molecule has 3 nitrogen and oxygen atoms in total. The minimum absolute atomic E-state index is 0. The Labute approximate surface area is 123 Å². The van der Waals surface area contributed by atoms with Gasteiger partial charge in [0.25, 0.3) is 0 Å². The molecule has 0 aliphatic carbocycles. The standard InChI is InChI=1S/C12H25NO2.Na.H/c1-2-3-4-5-6-7-8-10-13-11-9-12(14)15;;/h13H,2-11H2,1H3,(H,14,15);;/q;+1;-1. The summed E-state index contributed by atoms with van der Waals surface area (Å²) in [7, 11) is 0. The second-order valence-corrected chi connectivity index (χ2v) is 4.02. The molecule has 0 rings (SSSR count). The van der Waals surface area contributed by atoms with Crippen LogP contribution in [0, 0.1) is 0 Å². The first kappa shape index (κ1) is 18.8. The molecule has 92 valence electrons. The number of rotatable bonds is 11. The van der Waals surface area contributed by atoms with E-state index in [1.165, 1.54) is 44.9 Å². The van der Waals surface area contributed by atoms with Crippen molar-refractivity contribution in [3.63, 3.8) is 0 Å². The average Bonchev–Trinajstić information content (AvgIpc) is 2.20. The van der Waals surface area contributed by atoms with Crippen LogP contribution in [0.5, 0.6) is 0 Å². The van der Waals surface area contributed by atoms with Gasteiger partial charge >= 0.3 is 35.5 Å². The summed E-state index contributed by atoms with van der Waals surface area (Å²) >= 11 is 0. The number of unbranched alkanes of at least 4 members (excludes halogenated alkanes) is 6. The molecule has 0 saturated carbocycles. The van der Waals surface area contributed by atoms with Crippen LogP contribution in [0.25, 0.3) is 0 Å². The molecule has 0 heterocycles. The first-order chi connectivity index (χ1) is 7.27. The Morgan fingerprint density at radius 3 is 2.19 bits per heavy atom. The van der Waals surface area contributed by atoms with Crippen LogP contribution < -0.4 is 34.9 Å². The largest absolute Gasteiger partial charge is 1.00 e. The molecule has 0 fully saturated rings. The fourth-order valence-corrected chi connectivity index (χ4v) is 1.53. The summed E-state index contributed by atoms with van der Waals surface area (Å²) in [6.45, 7) is 3.79. The van der Waals surface area contributed by atoms with Crippen molar-refractivity contribution in [2.24, 2.45) is 0 Å². The molecule has 0 bridgehead atoms. The summed E-state index contributed by atoms with van der Waals surface area (Å²) in [5.74, 6) is -0.720. The van der Waals surface area contributed by atoms with Crippen molar-refractivity contribution in [1.29, 1.82) is 0 Å². The first-order valence-electron chi connectivity index (χ1n) is 6.20. The van der Waals surface area contributed by atoms with Crippen molar-refractivity contribution in [2.75, 3.05) is 13.1 Å². The SMILES string of the molecule is CCCCCCCCCNCCC(=O)O.[H-].[Na+]. The number of carboxylic acids is 1. The maximum Gasteiger partial charge on any atom is 1.00 e. The Kier molecular flexibility index (Phi) is 18.1. The van der Waals surface area contributed by atoms with E-state index in [1.54, 1.807) is 0 Å².